The van der Waals surface area contributed by atoms with Crippen LogP contribution in [-0.2, 0) is 19.1 Å². The van der Waals surface area contributed by atoms with Gasteiger partial charge >= 0.3 is 5.97 Å². The van der Waals surface area contributed by atoms with E-state index in [1.807, 2.05) is 30.3 Å². The lowest BCUT2D eigenvalue weighted by atomic mass is 10.2. The van der Waals surface area contributed by atoms with Crippen LogP contribution in [0.25, 0.3) is 6.08 Å². The standard InChI is InChI=1S/C28H31N3O7S/c1-19(2)38-26(33)18-37-22-10-9-20(15-23(22)36-3)16-24-27(34)31(28(35)39-24)17-25(32)30-13-11-29(12-14-30)21-7-5-4-6-8-21/h4-10,15-16,19H,11-14,17-18H2,1-3H3/b24-16-. The van der Waals surface area contributed by atoms with Gasteiger partial charge in [0.05, 0.1) is 18.1 Å². The Labute approximate surface area is 231 Å². The molecule has 0 aliphatic carbocycles. The molecule has 0 N–H and O–H groups in total. The molecule has 0 unspecified atom stereocenters. The van der Waals surface area contributed by atoms with E-state index in [-0.39, 0.29) is 30.1 Å². The third kappa shape index (κ3) is 7.11. The van der Waals surface area contributed by atoms with Crippen molar-refractivity contribution in [2.75, 3.05) is 51.3 Å². The lowest BCUT2D eigenvalue weighted by Gasteiger charge is -2.36. The number of imide groups is 1. The van der Waals surface area contributed by atoms with Gasteiger partial charge in [-0.05, 0) is 61.5 Å². The van der Waals surface area contributed by atoms with Gasteiger partial charge in [0.15, 0.2) is 18.1 Å². The number of amides is 3. The lowest BCUT2D eigenvalue weighted by molar-refractivity contribution is -0.149. The second-order valence-corrected chi connectivity index (χ2v) is 10.2. The fraction of sp³-hybridized carbons (Fsp3) is 0.357. The molecule has 2 fully saturated rings. The number of carbonyl (C=O) groups excluding carboxylic acids is 4. The molecular formula is C28H31N3O7S. The Hall–Kier alpha value is -3.99. The number of thioether (sulfide) groups is 1. The average molecular weight is 554 g/mol. The van der Waals surface area contributed by atoms with E-state index >= 15 is 0 Å². The highest BCUT2D eigenvalue weighted by atomic mass is 32.2. The zero-order valence-corrected chi connectivity index (χ0v) is 22.9. The molecular weight excluding hydrogens is 522 g/mol. The molecule has 0 spiro atoms. The van der Waals surface area contributed by atoms with Crippen LogP contribution in [-0.4, -0.2) is 85.4 Å². The van der Waals surface area contributed by atoms with Crippen LogP contribution in [0.5, 0.6) is 11.5 Å². The Morgan fingerprint density at radius 1 is 1.00 bits per heavy atom. The van der Waals surface area contributed by atoms with Crippen LogP contribution in [0, 0.1) is 0 Å². The van der Waals surface area contributed by atoms with Gasteiger partial charge in [-0.25, -0.2) is 4.79 Å². The zero-order chi connectivity index (χ0) is 27.9. The van der Waals surface area contributed by atoms with Crippen molar-refractivity contribution in [1.29, 1.82) is 0 Å². The summed E-state index contributed by atoms with van der Waals surface area (Å²) in [5.74, 6) is -0.591. The third-order valence-corrected chi connectivity index (χ3v) is 7.03. The van der Waals surface area contributed by atoms with Crippen molar-refractivity contribution in [2.24, 2.45) is 0 Å². The van der Waals surface area contributed by atoms with Crippen LogP contribution in [0.1, 0.15) is 19.4 Å². The number of para-hydroxylation sites is 1. The monoisotopic (exact) mass is 553 g/mol. The van der Waals surface area contributed by atoms with Crippen molar-refractivity contribution < 1.29 is 33.4 Å². The van der Waals surface area contributed by atoms with Gasteiger partial charge in [0.2, 0.25) is 5.91 Å². The van der Waals surface area contributed by atoms with Crippen LogP contribution < -0.4 is 14.4 Å². The molecule has 2 aliphatic rings. The van der Waals surface area contributed by atoms with Crippen LogP contribution >= 0.6 is 11.8 Å². The quantitative estimate of drug-likeness (QED) is 0.341. The number of hydrogen-bond acceptors (Lipinski definition) is 9. The summed E-state index contributed by atoms with van der Waals surface area (Å²) >= 11 is 0.787. The van der Waals surface area contributed by atoms with Crippen molar-refractivity contribution in [3.63, 3.8) is 0 Å². The minimum Gasteiger partial charge on any atom is -0.493 e. The summed E-state index contributed by atoms with van der Waals surface area (Å²) < 4.78 is 15.9. The van der Waals surface area contributed by atoms with E-state index in [1.54, 1.807) is 43.0 Å². The molecule has 0 radical (unpaired) electrons. The minimum atomic E-state index is -0.517. The Balaban J connectivity index is 1.35. The average Bonchev–Trinajstić information content (AvgIpc) is 3.19. The van der Waals surface area contributed by atoms with Crippen molar-refractivity contribution in [3.8, 4) is 11.5 Å². The van der Waals surface area contributed by atoms with Crippen molar-refractivity contribution in [1.82, 2.24) is 9.80 Å². The SMILES string of the molecule is COc1cc(/C=C2\SC(=O)N(CC(=O)N3CCN(c4ccccc4)CC3)C2=O)ccc1OCC(=O)OC(C)C. The molecule has 2 heterocycles. The second kappa shape index (κ2) is 12.7. The van der Waals surface area contributed by atoms with E-state index in [4.69, 9.17) is 14.2 Å². The van der Waals surface area contributed by atoms with Gasteiger partial charge in [-0.1, -0.05) is 24.3 Å². The Bertz CT molecular complexity index is 1260. The molecule has 2 aromatic carbocycles. The van der Waals surface area contributed by atoms with Crippen LogP contribution in [0.3, 0.4) is 0 Å². The lowest BCUT2D eigenvalue weighted by Crippen LogP contribution is -2.51. The van der Waals surface area contributed by atoms with Gasteiger partial charge in [-0.15, -0.1) is 0 Å². The summed E-state index contributed by atoms with van der Waals surface area (Å²) in [5.41, 5.74) is 1.70. The van der Waals surface area contributed by atoms with Crippen LogP contribution in [0.4, 0.5) is 10.5 Å². The number of benzene rings is 2. The summed E-state index contributed by atoms with van der Waals surface area (Å²) in [6, 6.07) is 14.9. The summed E-state index contributed by atoms with van der Waals surface area (Å²) in [5, 5.41) is -0.488. The Morgan fingerprint density at radius 3 is 2.38 bits per heavy atom. The fourth-order valence-electron chi connectivity index (χ4n) is 4.20. The summed E-state index contributed by atoms with van der Waals surface area (Å²) in [6.07, 6.45) is 1.31. The first-order valence-electron chi connectivity index (χ1n) is 12.6. The first kappa shape index (κ1) is 28.0. The van der Waals surface area contributed by atoms with Gasteiger partial charge in [-0.2, -0.15) is 0 Å². The Kier molecular flexibility index (Phi) is 9.13. The normalized spacial score (nSPS) is 16.7. The largest absolute Gasteiger partial charge is 0.493 e. The Morgan fingerprint density at radius 2 is 1.72 bits per heavy atom. The molecule has 4 rings (SSSR count). The van der Waals surface area contributed by atoms with Crippen molar-refractivity contribution in [3.05, 3.63) is 59.0 Å². The first-order valence-corrected chi connectivity index (χ1v) is 13.4. The van der Waals surface area contributed by atoms with E-state index in [0.29, 0.717) is 43.2 Å². The predicted octanol–water partition coefficient (Wildman–Crippen LogP) is 3.41. The number of piperazine rings is 1. The molecule has 206 valence electrons. The fourth-order valence-corrected chi connectivity index (χ4v) is 5.04. The van der Waals surface area contributed by atoms with E-state index in [0.717, 1.165) is 22.3 Å². The summed E-state index contributed by atoms with van der Waals surface area (Å²) in [6.45, 7) is 5.32. The molecule has 11 heteroatoms. The zero-order valence-electron chi connectivity index (χ0n) is 22.1. The highest BCUT2D eigenvalue weighted by Crippen LogP contribution is 2.34. The predicted molar refractivity (Wildman–Crippen MR) is 148 cm³/mol. The van der Waals surface area contributed by atoms with Gasteiger partial charge in [-0.3, -0.25) is 19.3 Å². The van der Waals surface area contributed by atoms with E-state index in [9.17, 15) is 19.2 Å². The number of carbonyl (C=O) groups is 4. The molecule has 0 aromatic heterocycles. The molecule has 0 atom stereocenters. The van der Waals surface area contributed by atoms with Crippen molar-refractivity contribution in [2.45, 2.75) is 20.0 Å². The number of esters is 1. The van der Waals surface area contributed by atoms with E-state index in [2.05, 4.69) is 4.90 Å². The van der Waals surface area contributed by atoms with Gasteiger partial charge in [0, 0.05) is 31.9 Å². The van der Waals surface area contributed by atoms with Crippen LogP contribution in [0.2, 0.25) is 0 Å². The minimum absolute atomic E-state index is 0.206. The molecule has 0 saturated carbocycles. The smallest absolute Gasteiger partial charge is 0.344 e. The molecule has 3 amide bonds. The number of nitrogens with zero attached hydrogens (tertiary/aromatic N) is 3. The van der Waals surface area contributed by atoms with Crippen molar-refractivity contribution >= 4 is 46.5 Å². The number of methoxy groups -OCH3 is 1. The van der Waals surface area contributed by atoms with Crippen LogP contribution in [0.15, 0.2) is 53.4 Å². The number of rotatable bonds is 9. The van der Waals surface area contributed by atoms with Gasteiger partial charge in [0.1, 0.15) is 6.54 Å². The second-order valence-electron chi connectivity index (χ2n) is 9.21. The summed E-state index contributed by atoms with van der Waals surface area (Å²) in [4.78, 5) is 55.4. The summed E-state index contributed by atoms with van der Waals surface area (Å²) in [7, 11) is 1.46. The van der Waals surface area contributed by atoms with E-state index < -0.39 is 17.1 Å². The number of ether oxygens (including phenoxy) is 3. The molecule has 2 aliphatic heterocycles. The molecule has 39 heavy (non-hydrogen) atoms. The van der Waals surface area contributed by atoms with Gasteiger partial charge in [0.25, 0.3) is 11.1 Å². The molecule has 10 nitrogen and oxygen atoms in total. The maximum Gasteiger partial charge on any atom is 0.344 e. The molecule has 2 aromatic rings. The maximum absolute atomic E-state index is 13.0. The maximum atomic E-state index is 13.0. The van der Waals surface area contributed by atoms with Gasteiger partial charge < -0.3 is 24.0 Å². The number of hydrogen-bond donors (Lipinski definition) is 0. The third-order valence-electron chi connectivity index (χ3n) is 6.12. The highest BCUT2D eigenvalue weighted by Gasteiger charge is 2.37. The first-order chi connectivity index (χ1) is 18.7. The van der Waals surface area contributed by atoms with E-state index in [1.165, 1.54) is 7.11 Å². The molecule has 2 saturated heterocycles. The topological polar surface area (TPSA) is 106 Å². The highest BCUT2D eigenvalue weighted by molar-refractivity contribution is 8.18. The molecule has 0 bridgehead atoms. The number of anilines is 1.